The summed E-state index contributed by atoms with van der Waals surface area (Å²) in [6.45, 7) is 0. The molecule has 6 heteroatoms. The monoisotopic (exact) mass is 241 g/mol. The van der Waals surface area contributed by atoms with Crippen LogP contribution in [0.3, 0.4) is 0 Å². The smallest absolute Gasteiger partial charge is 0.186 e. The number of benzene rings is 1. The largest absolute Gasteiger partial charge is 0.493 e. The van der Waals surface area contributed by atoms with Crippen molar-refractivity contribution in [3.8, 4) is 17.6 Å². The van der Waals surface area contributed by atoms with Crippen molar-refractivity contribution < 1.29 is 18.2 Å². The molecule has 0 heterocycles. The minimum atomic E-state index is -2.15. The maximum absolute atomic E-state index is 11.1. The predicted molar refractivity (Wildman–Crippen MR) is 57.9 cm³/mol. The SMILES string of the molecule is COc1cc(CC#N)c(S(=O)O)cc1OC. The molecule has 0 radical (unpaired) electrons. The van der Waals surface area contributed by atoms with Crippen LogP contribution in [0.2, 0.25) is 0 Å². The van der Waals surface area contributed by atoms with Crippen LogP contribution in [-0.2, 0) is 17.5 Å². The van der Waals surface area contributed by atoms with Gasteiger partial charge in [-0.2, -0.15) is 5.26 Å². The van der Waals surface area contributed by atoms with E-state index in [-0.39, 0.29) is 11.3 Å². The quantitative estimate of drug-likeness (QED) is 0.805. The first-order chi connectivity index (χ1) is 7.63. The second kappa shape index (κ2) is 5.49. The maximum atomic E-state index is 11.1. The second-order valence-corrected chi connectivity index (χ2v) is 3.84. The lowest BCUT2D eigenvalue weighted by atomic mass is 10.1. The van der Waals surface area contributed by atoms with Crippen LogP contribution in [-0.4, -0.2) is 23.0 Å². The van der Waals surface area contributed by atoms with Gasteiger partial charge in [-0.1, -0.05) is 0 Å². The zero-order chi connectivity index (χ0) is 12.1. The summed E-state index contributed by atoms with van der Waals surface area (Å²) >= 11 is -2.15. The van der Waals surface area contributed by atoms with E-state index in [1.54, 1.807) is 0 Å². The average Bonchev–Trinajstić information content (AvgIpc) is 2.28. The van der Waals surface area contributed by atoms with E-state index in [0.717, 1.165) is 0 Å². The lowest BCUT2D eigenvalue weighted by Crippen LogP contribution is -1.99. The van der Waals surface area contributed by atoms with Crippen LogP contribution in [0.15, 0.2) is 17.0 Å². The fourth-order valence-corrected chi connectivity index (χ4v) is 1.85. The highest BCUT2D eigenvalue weighted by molar-refractivity contribution is 7.79. The van der Waals surface area contributed by atoms with Crippen LogP contribution in [0, 0.1) is 11.3 Å². The summed E-state index contributed by atoms with van der Waals surface area (Å²) in [5.74, 6) is 0.795. The molecule has 0 fully saturated rings. The molecule has 0 aliphatic heterocycles. The van der Waals surface area contributed by atoms with Gasteiger partial charge in [-0.15, -0.1) is 0 Å². The molecule has 0 saturated heterocycles. The Hall–Kier alpha value is -1.58. The molecule has 0 aliphatic rings. The summed E-state index contributed by atoms with van der Waals surface area (Å²) in [6.07, 6.45) is 0.0436. The van der Waals surface area contributed by atoms with E-state index >= 15 is 0 Å². The van der Waals surface area contributed by atoms with Crippen molar-refractivity contribution in [1.82, 2.24) is 0 Å². The van der Waals surface area contributed by atoms with E-state index in [1.807, 2.05) is 6.07 Å². The first-order valence-electron chi connectivity index (χ1n) is 4.36. The molecule has 0 saturated carbocycles. The molecule has 0 amide bonds. The van der Waals surface area contributed by atoms with Crippen molar-refractivity contribution in [3.63, 3.8) is 0 Å². The van der Waals surface area contributed by atoms with Gasteiger partial charge in [0.25, 0.3) is 0 Å². The summed E-state index contributed by atoms with van der Waals surface area (Å²) < 4.78 is 30.2. The van der Waals surface area contributed by atoms with Gasteiger partial charge in [-0.25, -0.2) is 4.21 Å². The zero-order valence-corrected chi connectivity index (χ0v) is 9.71. The van der Waals surface area contributed by atoms with Crippen LogP contribution >= 0.6 is 0 Å². The highest BCUT2D eigenvalue weighted by Gasteiger charge is 2.14. The number of hydrogen-bond acceptors (Lipinski definition) is 4. The Morgan fingerprint density at radius 1 is 1.38 bits per heavy atom. The van der Waals surface area contributed by atoms with Gasteiger partial charge in [0.15, 0.2) is 22.6 Å². The number of ether oxygens (including phenoxy) is 2. The number of nitriles is 1. The number of nitrogens with zero attached hydrogens (tertiary/aromatic N) is 1. The van der Waals surface area contributed by atoms with Crippen molar-refractivity contribution in [1.29, 1.82) is 5.26 Å². The number of methoxy groups -OCH3 is 2. The highest BCUT2D eigenvalue weighted by Crippen LogP contribution is 2.31. The lowest BCUT2D eigenvalue weighted by molar-refractivity contribution is 0.353. The van der Waals surface area contributed by atoms with Crippen molar-refractivity contribution >= 4 is 11.1 Å². The molecular weight excluding hydrogens is 230 g/mol. The molecule has 1 unspecified atom stereocenters. The molecule has 86 valence electrons. The topological polar surface area (TPSA) is 79.5 Å². The molecule has 0 aromatic heterocycles. The normalized spacial score (nSPS) is 11.6. The van der Waals surface area contributed by atoms with Crippen LogP contribution < -0.4 is 9.47 Å². The van der Waals surface area contributed by atoms with E-state index in [4.69, 9.17) is 19.3 Å². The van der Waals surface area contributed by atoms with E-state index in [2.05, 4.69) is 0 Å². The van der Waals surface area contributed by atoms with E-state index in [1.165, 1.54) is 26.4 Å². The first kappa shape index (κ1) is 12.5. The van der Waals surface area contributed by atoms with Gasteiger partial charge in [-0.05, 0) is 11.6 Å². The molecule has 16 heavy (non-hydrogen) atoms. The van der Waals surface area contributed by atoms with Gasteiger partial charge in [-0.3, -0.25) is 0 Å². The van der Waals surface area contributed by atoms with Gasteiger partial charge >= 0.3 is 0 Å². The molecule has 1 rings (SSSR count). The summed E-state index contributed by atoms with van der Waals surface area (Å²) in [6, 6.07) is 4.86. The molecule has 0 spiro atoms. The van der Waals surface area contributed by atoms with E-state index < -0.39 is 11.1 Å². The van der Waals surface area contributed by atoms with Crippen LogP contribution in [0.5, 0.6) is 11.5 Å². The van der Waals surface area contributed by atoms with Crippen LogP contribution in [0.25, 0.3) is 0 Å². The Kier molecular flexibility index (Phi) is 4.28. The molecule has 1 atom stereocenters. The number of rotatable bonds is 4. The van der Waals surface area contributed by atoms with Gasteiger partial charge in [0.1, 0.15) is 0 Å². The molecule has 0 bridgehead atoms. The Bertz CT molecular complexity index is 453. The summed E-state index contributed by atoms with van der Waals surface area (Å²) in [4.78, 5) is 0.166. The van der Waals surface area contributed by atoms with Crippen molar-refractivity contribution in [2.75, 3.05) is 14.2 Å². The summed E-state index contributed by atoms with van der Waals surface area (Å²) in [5, 5.41) is 8.61. The van der Waals surface area contributed by atoms with Crippen LogP contribution in [0.1, 0.15) is 5.56 Å². The Balaban J connectivity index is 3.36. The lowest BCUT2D eigenvalue weighted by Gasteiger charge is -2.11. The molecule has 5 nitrogen and oxygen atoms in total. The van der Waals surface area contributed by atoms with Gasteiger partial charge in [0.05, 0.1) is 31.6 Å². The minimum Gasteiger partial charge on any atom is -0.493 e. The number of hydrogen-bond donors (Lipinski definition) is 1. The Morgan fingerprint density at radius 2 is 1.94 bits per heavy atom. The molecule has 1 aromatic carbocycles. The standard InChI is InChI=1S/C10H11NO4S/c1-14-8-5-7(3-4-11)10(16(12)13)6-9(8)15-2/h5-6H,3H2,1-2H3,(H,12,13). The highest BCUT2D eigenvalue weighted by atomic mass is 32.2. The third kappa shape index (κ3) is 2.51. The van der Waals surface area contributed by atoms with Crippen molar-refractivity contribution in [3.05, 3.63) is 17.7 Å². The van der Waals surface area contributed by atoms with Crippen molar-refractivity contribution in [2.24, 2.45) is 0 Å². The predicted octanol–water partition coefficient (Wildman–Crippen LogP) is 1.35. The molecule has 1 N–H and O–H groups in total. The average molecular weight is 241 g/mol. The Labute approximate surface area is 95.9 Å². The Morgan fingerprint density at radius 3 is 2.38 bits per heavy atom. The van der Waals surface area contributed by atoms with Gasteiger partial charge in [0.2, 0.25) is 0 Å². The van der Waals surface area contributed by atoms with Crippen molar-refractivity contribution in [2.45, 2.75) is 11.3 Å². The second-order valence-electron chi connectivity index (χ2n) is 2.90. The molecule has 1 aromatic rings. The fraction of sp³-hybridized carbons (Fsp3) is 0.300. The third-order valence-corrected chi connectivity index (χ3v) is 2.78. The first-order valence-corrected chi connectivity index (χ1v) is 5.47. The van der Waals surface area contributed by atoms with E-state index in [0.29, 0.717) is 17.1 Å². The van der Waals surface area contributed by atoms with Gasteiger partial charge in [0, 0.05) is 6.07 Å². The van der Waals surface area contributed by atoms with E-state index in [9.17, 15) is 4.21 Å². The zero-order valence-electron chi connectivity index (χ0n) is 8.89. The van der Waals surface area contributed by atoms with Crippen LogP contribution in [0.4, 0.5) is 0 Å². The minimum absolute atomic E-state index is 0.0436. The fourth-order valence-electron chi connectivity index (χ4n) is 1.29. The van der Waals surface area contributed by atoms with Gasteiger partial charge < -0.3 is 14.0 Å². The third-order valence-electron chi connectivity index (χ3n) is 2.02. The molecule has 0 aliphatic carbocycles. The molecular formula is C10H11NO4S. The summed E-state index contributed by atoms with van der Waals surface area (Å²) in [5.41, 5.74) is 0.459. The maximum Gasteiger partial charge on any atom is 0.186 e. The summed E-state index contributed by atoms with van der Waals surface area (Å²) in [7, 11) is 2.90.